The third kappa shape index (κ3) is 3.81. The van der Waals surface area contributed by atoms with Gasteiger partial charge in [-0.25, -0.2) is 0 Å². The van der Waals surface area contributed by atoms with Crippen LogP contribution in [-0.4, -0.2) is 21.3 Å². The molecule has 0 saturated carbocycles. The van der Waals surface area contributed by atoms with E-state index in [1.807, 2.05) is 12.1 Å². The van der Waals surface area contributed by atoms with Gasteiger partial charge < -0.3 is 5.11 Å². The molecule has 1 aromatic rings. The molecule has 3 heteroatoms. The van der Waals surface area contributed by atoms with Crippen LogP contribution in [0.1, 0.15) is 37.8 Å². The van der Waals surface area contributed by atoms with E-state index in [1.165, 1.54) is 5.56 Å². The molecule has 0 heterocycles. The van der Waals surface area contributed by atoms with E-state index in [1.54, 1.807) is 6.92 Å². The maximum atomic E-state index is 10.8. The molecule has 1 N–H and O–H groups in total. The summed E-state index contributed by atoms with van der Waals surface area (Å²) < 4.78 is 0. The minimum absolute atomic E-state index is 0.403. The maximum absolute atomic E-state index is 10.8. The molecule has 88 valence electrons. The molecule has 0 bridgehead atoms. The second kappa shape index (κ2) is 4.83. The summed E-state index contributed by atoms with van der Waals surface area (Å²) in [5.41, 5.74) is 2.17. The molecule has 0 saturated heterocycles. The van der Waals surface area contributed by atoms with Crippen molar-refractivity contribution >= 4 is 16.2 Å². The summed E-state index contributed by atoms with van der Waals surface area (Å²) >= 11 is 0. The van der Waals surface area contributed by atoms with Crippen molar-refractivity contribution in [3.8, 4) is 0 Å². The van der Waals surface area contributed by atoms with Crippen molar-refractivity contribution in [1.29, 1.82) is 0 Å². The highest BCUT2D eigenvalue weighted by Gasteiger charge is 2.14. The van der Waals surface area contributed by atoms with Crippen molar-refractivity contribution < 1.29 is 9.90 Å². The van der Waals surface area contributed by atoms with Crippen LogP contribution in [0.2, 0.25) is 5.04 Å². The molecule has 0 aliphatic rings. The van der Waals surface area contributed by atoms with E-state index in [0.29, 0.717) is 5.04 Å². The molecule has 1 atom stereocenters. The summed E-state index contributed by atoms with van der Waals surface area (Å²) in [6.45, 7) is 6.23. The third-order valence-corrected chi connectivity index (χ3v) is 2.94. The van der Waals surface area contributed by atoms with E-state index >= 15 is 0 Å². The molecule has 2 nitrogen and oxygen atoms in total. The lowest BCUT2D eigenvalue weighted by Crippen LogP contribution is -2.08. The van der Waals surface area contributed by atoms with Gasteiger partial charge in [-0.3, -0.25) is 4.79 Å². The van der Waals surface area contributed by atoms with Gasteiger partial charge in [0.2, 0.25) is 0 Å². The highest BCUT2D eigenvalue weighted by Crippen LogP contribution is 2.25. The molecule has 1 unspecified atom stereocenters. The van der Waals surface area contributed by atoms with E-state index in [9.17, 15) is 4.79 Å². The van der Waals surface area contributed by atoms with Gasteiger partial charge in [0.15, 0.2) is 0 Å². The number of carbonyl (C=O) groups is 1. The molecule has 0 aliphatic heterocycles. The molecule has 16 heavy (non-hydrogen) atoms. The minimum Gasteiger partial charge on any atom is -0.481 e. The third-order valence-electron chi connectivity index (χ3n) is 2.58. The summed E-state index contributed by atoms with van der Waals surface area (Å²) in [6, 6.07) is 7.96. The first-order chi connectivity index (χ1) is 7.29. The smallest absolute Gasteiger partial charge is 0.310 e. The zero-order chi connectivity index (χ0) is 12.3. The normalized spacial score (nSPS) is 13.7. The number of aliphatic carboxylic acids is 1. The van der Waals surface area contributed by atoms with E-state index in [-0.39, 0.29) is 0 Å². The predicted molar refractivity (Wildman–Crippen MR) is 70.2 cm³/mol. The van der Waals surface area contributed by atoms with Crippen LogP contribution in [0.5, 0.6) is 0 Å². The summed E-state index contributed by atoms with van der Waals surface area (Å²) in [6.07, 6.45) is 1.07. The molecule has 0 amide bonds. The van der Waals surface area contributed by atoms with Gasteiger partial charge in [-0.1, -0.05) is 38.1 Å². The Bertz CT molecular complexity index is 363. The molecule has 0 aliphatic carbocycles. The van der Waals surface area contributed by atoms with Crippen LogP contribution in [0.4, 0.5) is 0 Å². The van der Waals surface area contributed by atoms with Crippen LogP contribution >= 0.6 is 0 Å². The first-order valence-electron chi connectivity index (χ1n) is 5.61. The Morgan fingerprint density at radius 3 is 2.25 bits per heavy atom. The molecule has 0 radical (unpaired) electrons. The largest absolute Gasteiger partial charge is 0.481 e. The number of benzene rings is 1. The van der Waals surface area contributed by atoms with E-state index < -0.39 is 11.9 Å². The summed E-state index contributed by atoms with van der Waals surface area (Å²) in [5.74, 6) is -1.19. The molecular weight excluding hydrogens is 216 g/mol. The minimum atomic E-state index is -0.768. The highest BCUT2D eigenvalue weighted by atomic mass is 28.1. The fourth-order valence-corrected chi connectivity index (χ4v) is 2.09. The topological polar surface area (TPSA) is 37.3 Å². The van der Waals surface area contributed by atoms with Gasteiger partial charge in [-0.05, 0) is 29.5 Å². The van der Waals surface area contributed by atoms with Crippen molar-refractivity contribution in [2.45, 2.75) is 38.1 Å². The van der Waals surface area contributed by atoms with E-state index in [0.717, 1.165) is 22.2 Å². The highest BCUT2D eigenvalue weighted by molar-refractivity contribution is 6.14. The van der Waals surface area contributed by atoms with Gasteiger partial charge in [0.05, 0.1) is 5.92 Å². The first-order valence-corrected chi connectivity index (χ1v) is 6.61. The van der Waals surface area contributed by atoms with Gasteiger partial charge in [0.1, 0.15) is 0 Å². The van der Waals surface area contributed by atoms with Crippen LogP contribution in [0.3, 0.4) is 0 Å². The second-order valence-electron chi connectivity index (χ2n) is 5.54. The molecule has 1 aromatic carbocycles. The number of hydrogen-bond donors (Lipinski definition) is 1. The zero-order valence-corrected chi connectivity index (χ0v) is 12.4. The number of rotatable bonds is 4. The lowest BCUT2D eigenvalue weighted by atomic mass is 9.96. The Morgan fingerprint density at radius 1 is 1.38 bits per heavy atom. The van der Waals surface area contributed by atoms with Crippen LogP contribution in [0, 0.1) is 0 Å². The van der Waals surface area contributed by atoms with Gasteiger partial charge in [0, 0.05) is 10.2 Å². The van der Waals surface area contributed by atoms with Crippen molar-refractivity contribution in [3.05, 3.63) is 35.4 Å². The SMILES string of the molecule is CC(C(=O)O)c1ccc(CC(C)(C)[SiH3])cc1. The number of carboxylic acid groups (broad SMARTS) is 1. The summed E-state index contributed by atoms with van der Waals surface area (Å²) in [5, 5.41) is 9.30. The van der Waals surface area contributed by atoms with Gasteiger partial charge in [-0.2, -0.15) is 0 Å². The summed E-state index contributed by atoms with van der Waals surface area (Å²) in [7, 11) is 1.16. The van der Waals surface area contributed by atoms with Crippen LogP contribution in [0.15, 0.2) is 24.3 Å². The zero-order valence-electron chi connectivity index (χ0n) is 10.4. The molecule has 0 spiro atoms. The van der Waals surface area contributed by atoms with Crippen molar-refractivity contribution in [2.75, 3.05) is 0 Å². The Kier molecular flexibility index (Phi) is 3.91. The van der Waals surface area contributed by atoms with E-state index in [2.05, 4.69) is 26.0 Å². The van der Waals surface area contributed by atoms with Crippen molar-refractivity contribution in [3.63, 3.8) is 0 Å². The van der Waals surface area contributed by atoms with Crippen LogP contribution in [0.25, 0.3) is 0 Å². The fourth-order valence-electron chi connectivity index (χ4n) is 1.68. The van der Waals surface area contributed by atoms with Crippen LogP contribution in [-0.2, 0) is 11.2 Å². The van der Waals surface area contributed by atoms with Crippen molar-refractivity contribution in [1.82, 2.24) is 0 Å². The van der Waals surface area contributed by atoms with Gasteiger partial charge in [0.25, 0.3) is 0 Å². The first kappa shape index (κ1) is 13.0. The summed E-state index contributed by atoms with van der Waals surface area (Å²) in [4.78, 5) is 10.8. The molecule has 1 rings (SSSR count). The second-order valence-corrected chi connectivity index (χ2v) is 8.25. The quantitative estimate of drug-likeness (QED) is 0.812. The van der Waals surface area contributed by atoms with Gasteiger partial charge in [-0.15, -0.1) is 0 Å². The van der Waals surface area contributed by atoms with E-state index in [4.69, 9.17) is 5.11 Å². The maximum Gasteiger partial charge on any atom is 0.310 e. The van der Waals surface area contributed by atoms with Crippen LogP contribution < -0.4 is 0 Å². The van der Waals surface area contributed by atoms with Gasteiger partial charge >= 0.3 is 5.97 Å². The molecule has 0 fully saturated rings. The average Bonchev–Trinajstić information content (AvgIpc) is 2.15. The fraction of sp³-hybridized carbons (Fsp3) is 0.462. The Balaban J connectivity index is 2.79. The number of hydrogen-bond acceptors (Lipinski definition) is 1. The Hall–Kier alpha value is -1.09. The monoisotopic (exact) mass is 236 g/mol. The lowest BCUT2D eigenvalue weighted by Gasteiger charge is -2.18. The average molecular weight is 236 g/mol. The standard InChI is InChI=1S/C13H20O2Si/c1-9(12(14)15)11-6-4-10(5-7-11)8-13(2,3)16/h4-7,9H,8H2,1-3,16H3,(H,14,15). The van der Waals surface area contributed by atoms with Crippen molar-refractivity contribution in [2.24, 2.45) is 0 Å². The Labute approximate surface area is 100 Å². The molecule has 0 aromatic heterocycles. The lowest BCUT2D eigenvalue weighted by molar-refractivity contribution is -0.138. The molecular formula is C13H20O2Si. The predicted octanol–water partition coefficient (Wildman–Crippen LogP) is 1.98. The number of carboxylic acids is 1. The Morgan fingerprint density at radius 2 is 1.88 bits per heavy atom.